The summed E-state index contributed by atoms with van der Waals surface area (Å²) < 4.78 is 63.5. The first kappa shape index (κ1) is 30.9. The molecular weight excluding hydrogens is 484 g/mol. The van der Waals surface area contributed by atoms with Crippen molar-refractivity contribution in [3.63, 3.8) is 0 Å². The number of carboxylic acids is 2. The van der Waals surface area contributed by atoms with Crippen LogP contribution in [0, 0.1) is 0 Å². The SMILES string of the molecule is O=C(NCC(O)CO)C1CNCCN1c1ccccc1.O=C(O)C(F)(F)F.O=C(O)C(F)(F)F. The van der Waals surface area contributed by atoms with Crippen LogP contribution in [0.2, 0.25) is 0 Å². The van der Waals surface area contributed by atoms with Crippen LogP contribution in [0.15, 0.2) is 30.3 Å². The number of amides is 1. The molecule has 194 valence electrons. The van der Waals surface area contributed by atoms with E-state index >= 15 is 0 Å². The maximum Gasteiger partial charge on any atom is 0.490 e. The summed E-state index contributed by atoms with van der Waals surface area (Å²) in [6, 6.07) is 9.49. The quantitative estimate of drug-likeness (QED) is 0.306. The van der Waals surface area contributed by atoms with Gasteiger partial charge in [-0.05, 0) is 12.1 Å². The average Bonchev–Trinajstić information content (AvgIpc) is 2.77. The summed E-state index contributed by atoms with van der Waals surface area (Å²) in [6.45, 7) is 1.86. The fraction of sp³-hybridized carbons (Fsp3) is 0.500. The van der Waals surface area contributed by atoms with Crippen molar-refractivity contribution in [3.8, 4) is 0 Å². The minimum Gasteiger partial charge on any atom is -0.475 e. The second kappa shape index (κ2) is 14.2. The number of alkyl halides is 6. The normalized spacial score (nSPS) is 16.7. The molecule has 2 unspecified atom stereocenters. The Balaban J connectivity index is 0.000000642. The number of aliphatic carboxylic acids is 2. The highest BCUT2D eigenvalue weighted by Gasteiger charge is 2.38. The molecule has 0 aliphatic carbocycles. The fourth-order valence-electron chi connectivity index (χ4n) is 2.27. The standard InChI is InChI=1S/C14H21N3O3.2C2HF3O2/c18-10-12(19)8-16-14(20)13-9-15-6-7-17(13)11-4-2-1-3-5-11;2*3-2(4,5)1(6)7/h1-5,12-13,15,18-19H,6-10H2,(H,16,20);2*(H,6,7). The summed E-state index contributed by atoms with van der Waals surface area (Å²) in [6.07, 6.45) is -11.1. The number of halogens is 6. The first-order valence-corrected chi connectivity index (χ1v) is 9.30. The Hall–Kier alpha value is -3.11. The summed E-state index contributed by atoms with van der Waals surface area (Å²) in [5, 5.41) is 38.2. The zero-order chi connectivity index (χ0) is 26.5. The van der Waals surface area contributed by atoms with Gasteiger partial charge in [-0.3, -0.25) is 4.79 Å². The van der Waals surface area contributed by atoms with Crippen LogP contribution in [0.25, 0.3) is 0 Å². The molecule has 1 aromatic carbocycles. The molecule has 10 nitrogen and oxygen atoms in total. The minimum atomic E-state index is -5.08. The number of carbonyl (C=O) groups is 3. The Labute approximate surface area is 188 Å². The Bertz CT molecular complexity index is 754. The van der Waals surface area contributed by atoms with E-state index in [2.05, 4.69) is 15.5 Å². The highest BCUT2D eigenvalue weighted by Crippen LogP contribution is 2.18. The zero-order valence-electron chi connectivity index (χ0n) is 17.3. The summed E-state index contributed by atoms with van der Waals surface area (Å²) in [4.78, 5) is 32.1. The van der Waals surface area contributed by atoms with Crippen LogP contribution in [-0.2, 0) is 14.4 Å². The average molecular weight is 507 g/mol. The van der Waals surface area contributed by atoms with Crippen LogP contribution in [0.4, 0.5) is 32.0 Å². The maximum atomic E-state index is 12.2. The molecule has 34 heavy (non-hydrogen) atoms. The van der Waals surface area contributed by atoms with Gasteiger partial charge in [0.2, 0.25) is 5.91 Å². The molecule has 0 aromatic heterocycles. The summed E-state index contributed by atoms with van der Waals surface area (Å²) in [5.74, 6) is -5.66. The zero-order valence-corrected chi connectivity index (χ0v) is 17.3. The predicted octanol–water partition coefficient (Wildman–Crippen LogP) is 0.201. The van der Waals surface area contributed by atoms with Gasteiger partial charge in [0.15, 0.2) is 0 Å². The van der Waals surface area contributed by atoms with Gasteiger partial charge >= 0.3 is 24.3 Å². The minimum absolute atomic E-state index is 0.0640. The molecule has 1 saturated heterocycles. The van der Waals surface area contributed by atoms with Crippen LogP contribution < -0.4 is 15.5 Å². The highest BCUT2D eigenvalue weighted by atomic mass is 19.4. The van der Waals surface area contributed by atoms with Gasteiger partial charge in [0.1, 0.15) is 6.04 Å². The molecule has 0 radical (unpaired) electrons. The van der Waals surface area contributed by atoms with Gasteiger partial charge in [0.25, 0.3) is 0 Å². The molecule has 2 atom stereocenters. The molecule has 1 heterocycles. The number of nitrogens with one attached hydrogen (secondary N) is 2. The number of piperazine rings is 1. The lowest BCUT2D eigenvalue weighted by atomic mass is 10.1. The van der Waals surface area contributed by atoms with Crippen molar-refractivity contribution in [3.05, 3.63) is 30.3 Å². The largest absolute Gasteiger partial charge is 0.490 e. The van der Waals surface area contributed by atoms with Crippen molar-refractivity contribution in [2.24, 2.45) is 0 Å². The third kappa shape index (κ3) is 12.2. The number of para-hydroxylation sites is 1. The summed E-state index contributed by atoms with van der Waals surface area (Å²) >= 11 is 0. The Kier molecular flexibility index (Phi) is 12.9. The number of aliphatic hydroxyl groups is 2. The van der Waals surface area contributed by atoms with Gasteiger partial charge in [-0.25, -0.2) is 9.59 Å². The van der Waals surface area contributed by atoms with E-state index < -0.39 is 30.4 Å². The number of hydrogen-bond acceptors (Lipinski definition) is 7. The van der Waals surface area contributed by atoms with Gasteiger partial charge in [0.05, 0.1) is 12.7 Å². The van der Waals surface area contributed by atoms with E-state index in [9.17, 15) is 36.2 Å². The predicted molar refractivity (Wildman–Crippen MR) is 104 cm³/mol. The molecule has 0 saturated carbocycles. The van der Waals surface area contributed by atoms with E-state index in [4.69, 9.17) is 24.9 Å². The van der Waals surface area contributed by atoms with Crippen LogP contribution in [0.5, 0.6) is 0 Å². The monoisotopic (exact) mass is 507 g/mol. The van der Waals surface area contributed by atoms with Crippen molar-refractivity contribution < 1.29 is 61.2 Å². The molecule has 1 aliphatic rings. The number of nitrogens with zero attached hydrogens (tertiary/aromatic N) is 1. The molecule has 2 rings (SSSR count). The van der Waals surface area contributed by atoms with Gasteiger partial charge in [-0.1, -0.05) is 18.2 Å². The number of carbonyl (C=O) groups excluding carboxylic acids is 1. The maximum absolute atomic E-state index is 12.2. The third-order valence-electron chi connectivity index (χ3n) is 3.84. The number of hydrogen-bond donors (Lipinski definition) is 6. The number of anilines is 1. The lowest BCUT2D eigenvalue weighted by molar-refractivity contribution is -0.193. The Morgan fingerprint density at radius 3 is 1.91 bits per heavy atom. The summed E-state index contributed by atoms with van der Waals surface area (Å²) in [7, 11) is 0. The van der Waals surface area contributed by atoms with E-state index in [1.165, 1.54) is 0 Å². The first-order chi connectivity index (χ1) is 15.6. The molecule has 1 aliphatic heterocycles. The van der Waals surface area contributed by atoms with E-state index in [0.717, 1.165) is 18.8 Å². The molecule has 1 aromatic rings. The van der Waals surface area contributed by atoms with Gasteiger partial charge in [-0.2, -0.15) is 26.3 Å². The van der Waals surface area contributed by atoms with Crippen molar-refractivity contribution in [1.82, 2.24) is 10.6 Å². The smallest absolute Gasteiger partial charge is 0.475 e. The molecule has 1 amide bonds. The van der Waals surface area contributed by atoms with Crippen LogP contribution >= 0.6 is 0 Å². The molecule has 0 spiro atoms. The molecule has 0 bridgehead atoms. The van der Waals surface area contributed by atoms with Crippen LogP contribution in [0.1, 0.15) is 0 Å². The van der Waals surface area contributed by atoms with Gasteiger partial charge in [0, 0.05) is 31.9 Å². The fourth-order valence-corrected chi connectivity index (χ4v) is 2.27. The third-order valence-corrected chi connectivity index (χ3v) is 3.84. The second-order valence-corrected chi connectivity index (χ2v) is 6.44. The Morgan fingerprint density at radius 1 is 1.03 bits per heavy atom. The molecule has 1 fully saturated rings. The number of carboxylic acid groups (broad SMARTS) is 2. The molecule has 6 N–H and O–H groups in total. The second-order valence-electron chi connectivity index (χ2n) is 6.44. The lowest BCUT2D eigenvalue weighted by Gasteiger charge is -2.37. The topological polar surface area (TPSA) is 159 Å². The van der Waals surface area contributed by atoms with E-state index in [-0.39, 0.29) is 25.1 Å². The van der Waals surface area contributed by atoms with Crippen LogP contribution in [0.3, 0.4) is 0 Å². The van der Waals surface area contributed by atoms with Gasteiger partial charge < -0.3 is 36.0 Å². The summed E-state index contributed by atoms with van der Waals surface area (Å²) in [5.41, 5.74) is 1.01. The molecule has 16 heteroatoms. The Morgan fingerprint density at radius 2 is 1.50 bits per heavy atom. The van der Waals surface area contributed by atoms with E-state index in [0.29, 0.717) is 6.54 Å². The highest BCUT2D eigenvalue weighted by molar-refractivity contribution is 5.85. The lowest BCUT2D eigenvalue weighted by Crippen LogP contribution is -2.58. The van der Waals surface area contributed by atoms with E-state index in [1.807, 2.05) is 30.3 Å². The van der Waals surface area contributed by atoms with E-state index in [1.54, 1.807) is 0 Å². The van der Waals surface area contributed by atoms with Crippen molar-refractivity contribution >= 4 is 23.5 Å². The van der Waals surface area contributed by atoms with Crippen molar-refractivity contribution in [2.75, 3.05) is 37.7 Å². The molecular formula is C18H23F6N3O7. The van der Waals surface area contributed by atoms with Gasteiger partial charge in [-0.15, -0.1) is 0 Å². The number of benzene rings is 1. The first-order valence-electron chi connectivity index (χ1n) is 9.30. The number of aliphatic hydroxyl groups excluding tert-OH is 2. The van der Waals surface area contributed by atoms with Crippen molar-refractivity contribution in [1.29, 1.82) is 0 Å². The van der Waals surface area contributed by atoms with Crippen molar-refractivity contribution in [2.45, 2.75) is 24.5 Å². The number of rotatable bonds is 5. The van der Waals surface area contributed by atoms with Crippen LogP contribution in [-0.4, -0.2) is 95.6 Å².